The van der Waals surface area contributed by atoms with Crippen molar-refractivity contribution in [1.82, 2.24) is 9.90 Å². The van der Waals surface area contributed by atoms with Crippen LogP contribution in [-0.2, 0) is 7.05 Å². The number of carbonyl (C=O) groups excluding carboxylic acids is 1. The number of nitrogens with zero attached hydrogens (tertiary/aromatic N) is 2. The highest BCUT2D eigenvalue weighted by Crippen LogP contribution is 2.20. The van der Waals surface area contributed by atoms with Gasteiger partial charge in [-0.3, -0.25) is 4.79 Å². The molecular weight excluding hydrogens is 277 g/mol. The first-order valence-corrected chi connectivity index (χ1v) is 5.84. The van der Waals surface area contributed by atoms with E-state index in [1.165, 1.54) is 16.3 Å². The summed E-state index contributed by atoms with van der Waals surface area (Å²) in [7, 11) is 1.58. The molecule has 0 amide bonds. The first-order valence-electron chi connectivity index (χ1n) is 5.08. The maximum absolute atomic E-state index is 12.1. The van der Waals surface area contributed by atoms with Crippen LogP contribution < -0.4 is 10.2 Å². The van der Waals surface area contributed by atoms with Gasteiger partial charge in [0.15, 0.2) is 5.69 Å². The molecule has 0 saturated carbocycles. The molecule has 1 heterocycles. The lowest BCUT2D eigenvalue weighted by atomic mass is 10.3. The van der Waals surface area contributed by atoms with E-state index in [1.807, 2.05) is 0 Å². The van der Waals surface area contributed by atoms with Gasteiger partial charge in [-0.05, 0) is 6.07 Å². The van der Waals surface area contributed by atoms with E-state index in [4.69, 9.17) is 23.2 Å². The zero-order chi connectivity index (χ0) is 13.4. The summed E-state index contributed by atoms with van der Waals surface area (Å²) in [5, 5.41) is 3.56. The largest absolute Gasteiger partial charge is 0.409 e. The Morgan fingerprint density at radius 1 is 1.28 bits per heavy atom. The Morgan fingerprint density at radius 2 is 1.83 bits per heavy atom. The van der Waals surface area contributed by atoms with Gasteiger partial charge in [0.2, 0.25) is 5.78 Å². The number of halogens is 2. The van der Waals surface area contributed by atoms with Crippen LogP contribution in [0.4, 0.5) is 0 Å². The summed E-state index contributed by atoms with van der Waals surface area (Å²) in [6.07, 6.45) is 0. The highest BCUT2D eigenvalue weighted by Gasteiger charge is 2.24. The first kappa shape index (κ1) is 12.9. The molecule has 0 radical (unpaired) electrons. The molecule has 1 aromatic carbocycles. The van der Waals surface area contributed by atoms with Gasteiger partial charge < -0.3 is 0 Å². The van der Waals surface area contributed by atoms with Crippen LogP contribution in [0.2, 0.25) is 10.0 Å². The molecule has 1 N–H and O–H groups in total. The van der Waals surface area contributed by atoms with Crippen molar-refractivity contribution in [3.63, 3.8) is 0 Å². The van der Waals surface area contributed by atoms with Crippen LogP contribution in [0.1, 0.15) is 17.4 Å². The van der Waals surface area contributed by atoms with Crippen molar-refractivity contribution in [3.8, 4) is 5.69 Å². The van der Waals surface area contributed by atoms with Crippen molar-refractivity contribution in [2.75, 3.05) is 0 Å². The van der Waals surface area contributed by atoms with Gasteiger partial charge in [-0.1, -0.05) is 33.1 Å². The molecule has 0 fully saturated rings. The number of rotatable bonds is 2. The quantitative estimate of drug-likeness (QED) is 0.672. The van der Waals surface area contributed by atoms with Gasteiger partial charge in [-0.25, -0.2) is 4.79 Å². The van der Waals surface area contributed by atoms with Crippen LogP contribution in [0.15, 0.2) is 23.0 Å². The van der Waals surface area contributed by atoms with Crippen LogP contribution in [0.5, 0.6) is 0 Å². The monoisotopic (exact) mass is 286 g/mol. The number of aromatic nitrogens is 3. The van der Waals surface area contributed by atoms with Crippen molar-refractivity contribution in [3.05, 3.63) is 44.3 Å². The Hall–Kier alpha value is -1.59. The molecule has 0 spiro atoms. The number of benzene rings is 1. The molecule has 0 aliphatic rings. The predicted molar refractivity (Wildman–Crippen MR) is 67.6 cm³/mol. The minimum absolute atomic E-state index is 0.0612. The maximum atomic E-state index is 12.1. The number of nitrogens with one attached hydrogen (secondary N) is 1. The van der Waals surface area contributed by atoms with E-state index in [0.717, 1.165) is 0 Å². The van der Waals surface area contributed by atoms with Crippen molar-refractivity contribution >= 4 is 29.0 Å². The summed E-state index contributed by atoms with van der Waals surface area (Å²) in [5.41, 5.74) is 0.0926. The van der Waals surface area contributed by atoms with Crippen molar-refractivity contribution < 1.29 is 9.48 Å². The minimum atomic E-state index is -0.441. The van der Waals surface area contributed by atoms with Crippen LogP contribution in [0.25, 0.3) is 5.69 Å². The molecular formula is C11H10Cl2N3O2+. The van der Waals surface area contributed by atoms with Gasteiger partial charge in [-0.2, -0.15) is 4.68 Å². The van der Waals surface area contributed by atoms with Crippen molar-refractivity contribution in [1.29, 1.82) is 0 Å². The summed E-state index contributed by atoms with van der Waals surface area (Å²) in [4.78, 5) is 23.4. The van der Waals surface area contributed by atoms with Gasteiger partial charge in [0, 0.05) is 29.1 Å². The Kier molecular flexibility index (Phi) is 3.28. The van der Waals surface area contributed by atoms with Crippen molar-refractivity contribution in [2.45, 2.75) is 6.92 Å². The fourth-order valence-corrected chi connectivity index (χ4v) is 2.24. The van der Waals surface area contributed by atoms with Crippen LogP contribution >= 0.6 is 23.2 Å². The zero-order valence-corrected chi connectivity index (χ0v) is 11.2. The van der Waals surface area contributed by atoms with Gasteiger partial charge in [0.05, 0.1) is 0 Å². The second-order valence-electron chi connectivity index (χ2n) is 3.83. The molecule has 5 nitrogen and oxygen atoms in total. The molecule has 0 aliphatic carbocycles. The normalized spacial score (nSPS) is 10.7. The number of Topliss-reactive ketones (excluding diaryl/α,β-unsaturated/α-hetero) is 1. The topological polar surface area (TPSA) is 58.7 Å². The molecule has 0 bridgehead atoms. The lowest BCUT2D eigenvalue weighted by Gasteiger charge is -1.96. The first-order chi connectivity index (χ1) is 8.40. The van der Waals surface area contributed by atoms with E-state index in [1.54, 1.807) is 25.2 Å². The van der Waals surface area contributed by atoms with E-state index in [0.29, 0.717) is 15.7 Å². The van der Waals surface area contributed by atoms with E-state index in [2.05, 4.69) is 5.21 Å². The van der Waals surface area contributed by atoms with Gasteiger partial charge >= 0.3 is 5.56 Å². The third kappa shape index (κ3) is 2.19. The Morgan fingerprint density at radius 3 is 2.28 bits per heavy atom. The third-order valence-electron chi connectivity index (χ3n) is 2.43. The van der Waals surface area contributed by atoms with Crippen LogP contribution in [0.3, 0.4) is 0 Å². The molecule has 0 aliphatic heterocycles. The van der Waals surface area contributed by atoms with Gasteiger partial charge in [-0.15, -0.1) is 0 Å². The highest BCUT2D eigenvalue weighted by atomic mass is 35.5. The Bertz CT molecular complexity index is 668. The standard InChI is InChI=1S/C11H9Cl2N3O2/c1-6(17)10-11(18)16(14-15(10)2)9-4-7(12)3-8(13)5-9/h3-5H,1-2H3/p+1. The molecule has 2 rings (SSSR count). The van der Waals surface area contributed by atoms with E-state index < -0.39 is 5.56 Å². The molecule has 94 valence electrons. The van der Waals surface area contributed by atoms with Gasteiger partial charge in [0.25, 0.3) is 5.69 Å². The van der Waals surface area contributed by atoms with Crippen LogP contribution in [0, 0.1) is 0 Å². The van der Waals surface area contributed by atoms with Crippen molar-refractivity contribution in [2.24, 2.45) is 7.05 Å². The summed E-state index contributed by atoms with van der Waals surface area (Å²) in [5.74, 6) is -0.314. The van der Waals surface area contributed by atoms with E-state index in [9.17, 15) is 9.59 Å². The second kappa shape index (κ2) is 4.59. The highest BCUT2D eigenvalue weighted by molar-refractivity contribution is 6.34. The predicted octanol–water partition coefficient (Wildman–Crippen LogP) is 1.50. The number of aromatic amines is 1. The number of carbonyl (C=O) groups is 1. The number of aryl methyl sites for hydroxylation is 1. The fourth-order valence-electron chi connectivity index (χ4n) is 1.72. The second-order valence-corrected chi connectivity index (χ2v) is 4.70. The molecule has 7 heteroatoms. The SMILES string of the molecule is CC(=O)c1c(=O)n(-c2cc(Cl)cc(Cl)c2)[nH][n+]1C. The number of hydrogen-bond donors (Lipinski definition) is 1. The summed E-state index contributed by atoms with van der Waals surface area (Å²) >= 11 is 11.7. The van der Waals surface area contributed by atoms with Gasteiger partial charge in [0.1, 0.15) is 7.05 Å². The molecule has 18 heavy (non-hydrogen) atoms. The average molecular weight is 287 g/mol. The molecule has 0 unspecified atom stereocenters. The smallest absolute Gasteiger partial charge is 0.290 e. The number of H-pyrrole nitrogens is 1. The minimum Gasteiger partial charge on any atom is -0.290 e. The fraction of sp³-hybridized carbons (Fsp3) is 0.182. The summed E-state index contributed by atoms with van der Waals surface area (Å²) < 4.78 is 2.58. The maximum Gasteiger partial charge on any atom is 0.409 e. The summed E-state index contributed by atoms with van der Waals surface area (Å²) in [6.45, 7) is 1.33. The average Bonchev–Trinajstić information content (AvgIpc) is 2.52. The third-order valence-corrected chi connectivity index (χ3v) is 2.87. The number of hydrogen-bond acceptors (Lipinski definition) is 2. The van der Waals surface area contributed by atoms with E-state index in [-0.39, 0.29) is 11.5 Å². The lowest BCUT2D eigenvalue weighted by Crippen LogP contribution is -2.38. The zero-order valence-electron chi connectivity index (χ0n) is 9.70. The summed E-state index contributed by atoms with van der Waals surface area (Å²) in [6, 6.07) is 4.72. The molecule has 2 aromatic rings. The molecule has 0 atom stereocenters. The molecule has 1 aromatic heterocycles. The van der Waals surface area contributed by atoms with E-state index >= 15 is 0 Å². The lowest BCUT2D eigenvalue weighted by molar-refractivity contribution is -0.733. The number of ketones is 1. The molecule has 0 saturated heterocycles. The Balaban J connectivity index is 2.69. The van der Waals surface area contributed by atoms with Crippen LogP contribution in [-0.4, -0.2) is 15.7 Å². The Labute approximate surface area is 113 Å².